The Kier molecular flexibility index (Phi) is 3.55. The zero-order valence-corrected chi connectivity index (χ0v) is 9.26. The lowest BCUT2D eigenvalue weighted by Crippen LogP contribution is -2.23. The van der Waals surface area contributed by atoms with Crippen LogP contribution in [-0.4, -0.2) is 18.1 Å². The minimum Gasteiger partial charge on any atom is -0.278 e. The van der Waals surface area contributed by atoms with Crippen molar-refractivity contribution in [3.63, 3.8) is 0 Å². The predicted molar refractivity (Wildman–Crippen MR) is 64.3 cm³/mol. The number of hydrogen-bond donors (Lipinski definition) is 0. The first-order valence-corrected chi connectivity index (χ1v) is 5.62. The van der Waals surface area contributed by atoms with Gasteiger partial charge in [-0.05, 0) is 31.4 Å². The van der Waals surface area contributed by atoms with E-state index in [-0.39, 0.29) is 0 Å². The van der Waals surface area contributed by atoms with Crippen LogP contribution in [0.5, 0.6) is 0 Å². The number of nitrogens with zero attached hydrogens (tertiary/aromatic N) is 3. The van der Waals surface area contributed by atoms with Crippen LogP contribution in [0.15, 0.2) is 34.6 Å². The highest BCUT2D eigenvalue weighted by molar-refractivity contribution is 5.53. The van der Waals surface area contributed by atoms with Crippen LogP contribution in [0.3, 0.4) is 0 Å². The predicted octanol–water partition coefficient (Wildman–Crippen LogP) is 3.15. The number of benzene rings is 1. The van der Waals surface area contributed by atoms with Gasteiger partial charge in [-0.2, -0.15) is 0 Å². The van der Waals surface area contributed by atoms with Crippen molar-refractivity contribution in [2.75, 3.05) is 13.1 Å². The maximum Gasteiger partial charge on any atom is 0.103 e. The van der Waals surface area contributed by atoms with Crippen molar-refractivity contribution in [3.8, 4) is 12.3 Å². The molecule has 1 aliphatic rings. The first kappa shape index (κ1) is 10.7. The van der Waals surface area contributed by atoms with E-state index in [1.165, 1.54) is 19.3 Å². The molecule has 1 aliphatic heterocycles. The molecule has 82 valence electrons. The van der Waals surface area contributed by atoms with E-state index in [1.807, 2.05) is 29.3 Å². The van der Waals surface area contributed by atoms with E-state index in [9.17, 15) is 0 Å². The van der Waals surface area contributed by atoms with Crippen LogP contribution < -0.4 is 0 Å². The van der Waals surface area contributed by atoms with Gasteiger partial charge in [0.05, 0.1) is 5.56 Å². The van der Waals surface area contributed by atoms with Crippen molar-refractivity contribution in [3.05, 3.63) is 29.8 Å². The molecule has 0 amide bonds. The van der Waals surface area contributed by atoms with Gasteiger partial charge in [-0.15, -0.1) is 11.5 Å². The highest BCUT2D eigenvalue weighted by atomic mass is 15.5. The molecule has 16 heavy (non-hydrogen) atoms. The van der Waals surface area contributed by atoms with Gasteiger partial charge in [-0.3, -0.25) is 5.01 Å². The molecule has 0 aromatic heterocycles. The topological polar surface area (TPSA) is 28.0 Å². The van der Waals surface area contributed by atoms with E-state index in [0.29, 0.717) is 0 Å². The molecular formula is C13H15N3. The van der Waals surface area contributed by atoms with Gasteiger partial charge >= 0.3 is 0 Å². The number of rotatable bonds is 2. The van der Waals surface area contributed by atoms with E-state index in [1.54, 1.807) is 0 Å². The van der Waals surface area contributed by atoms with Gasteiger partial charge in [0.25, 0.3) is 0 Å². The fourth-order valence-corrected chi connectivity index (χ4v) is 1.76. The number of hydrogen-bond acceptors (Lipinski definition) is 2. The Morgan fingerprint density at radius 3 is 2.62 bits per heavy atom. The van der Waals surface area contributed by atoms with Crippen LogP contribution in [-0.2, 0) is 0 Å². The van der Waals surface area contributed by atoms with Crippen molar-refractivity contribution >= 4 is 5.69 Å². The van der Waals surface area contributed by atoms with Crippen molar-refractivity contribution in [2.24, 2.45) is 10.3 Å². The second kappa shape index (κ2) is 5.32. The van der Waals surface area contributed by atoms with Gasteiger partial charge in [0.1, 0.15) is 5.69 Å². The summed E-state index contributed by atoms with van der Waals surface area (Å²) < 4.78 is 0. The zero-order chi connectivity index (χ0) is 11.2. The standard InChI is InChI=1S/C13H15N3/c1-2-12-8-4-5-9-13(12)14-15-16-10-6-3-7-11-16/h1,4-5,8-9H,3,6-7,10-11H2. The van der Waals surface area contributed by atoms with E-state index in [0.717, 1.165) is 24.3 Å². The molecule has 0 saturated carbocycles. The summed E-state index contributed by atoms with van der Waals surface area (Å²) in [5.74, 6) is 2.61. The minimum atomic E-state index is 0.774. The molecule has 0 unspecified atom stereocenters. The summed E-state index contributed by atoms with van der Waals surface area (Å²) in [6.07, 6.45) is 9.10. The van der Waals surface area contributed by atoms with Gasteiger partial charge in [-0.25, -0.2) is 0 Å². The third-order valence-electron chi connectivity index (χ3n) is 2.67. The third-order valence-corrected chi connectivity index (χ3v) is 2.67. The van der Waals surface area contributed by atoms with Crippen LogP contribution >= 0.6 is 0 Å². The largest absolute Gasteiger partial charge is 0.278 e. The Morgan fingerprint density at radius 2 is 1.88 bits per heavy atom. The molecule has 1 saturated heterocycles. The average Bonchev–Trinajstić information content (AvgIpc) is 2.38. The van der Waals surface area contributed by atoms with Gasteiger partial charge in [0.15, 0.2) is 0 Å². The Balaban J connectivity index is 2.07. The lowest BCUT2D eigenvalue weighted by atomic mass is 10.2. The second-order valence-electron chi connectivity index (χ2n) is 3.87. The van der Waals surface area contributed by atoms with E-state index in [4.69, 9.17) is 6.42 Å². The van der Waals surface area contributed by atoms with Crippen molar-refractivity contribution in [2.45, 2.75) is 19.3 Å². The van der Waals surface area contributed by atoms with Crippen LogP contribution in [0.25, 0.3) is 0 Å². The Bertz CT molecular complexity index is 411. The average molecular weight is 213 g/mol. The summed E-state index contributed by atoms with van der Waals surface area (Å²) in [4.78, 5) is 0. The summed E-state index contributed by atoms with van der Waals surface area (Å²) in [7, 11) is 0. The summed E-state index contributed by atoms with van der Waals surface area (Å²) in [5, 5.41) is 10.4. The molecule has 0 aliphatic carbocycles. The second-order valence-corrected chi connectivity index (χ2v) is 3.87. The Labute approximate surface area is 96.2 Å². The quantitative estimate of drug-likeness (QED) is 0.548. The number of terminal acetylenes is 1. The molecule has 0 radical (unpaired) electrons. The molecule has 1 heterocycles. The number of piperidine rings is 1. The fourth-order valence-electron chi connectivity index (χ4n) is 1.76. The first-order chi connectivity index (χ1) is 7.90. The lowest BCUT2D eigenvalue weighted by molar-refractivity contribution is 0.224. The van der Waals surface area contributed by atoms with Crippen LogP contribution in [0, 0.1) is 12.3 Å². The zero-order valence-electron chi connectivity index (χ0n) is 9.26. The van der Waals surface area contributed by atoms with Gasteiger partial charge in [-0.1, -0.05) is 23.3 Å². The molecule has 1 fully saturated rings. The van der Waals surface area contributed by atoms with Crippen LogP contribution in [0.2, 0.25) is 0 Å². The third kappa shape index (κ3) is 2.60. The lowest BCUT2D eigenvalue weighted by Gasteiger charge is -2.21. The molecular weight excluding hydrogens is 198 g/mol. The minimum absolute atomic E-state index is 0.774. The van der Waals surface area contributed by atoms with E-state index < -0.39 is 0 Å². The maximum atomic E-state index is 5.39. The molecule has 0 atom stereocenters. The molecule has 1 aromatic carbocycles. The summed E-state index contributed by atoms with van der Waals surface area (Å²) in [6, 6.07) is 7.60. The maximum absolute atomic E-state index is 5.39. The highest BCUT2D eigenvalue weighted by Gasteiger charge is 2.07. The molecule has 3 heteroatoms. The molecule has 1 aromatic rings. The molecule has 0 N–H and O–H groups in total. The SMILES string of the molecule is C#Cc1ccccc1N=NN1CCCCC1. The molecule has 2 rings (SSSR count). The van der Waals surface area contributed by atoms with Crippen molar-refractivity contribution in [1.82, 2.24) is 5.01 Å². The summed E-state index contributed by atoms with van der Waals surface area (Å²) in [5.41, 5.74) is 1.57. The van der Waals surface area contributed by atoms with Gasteiger partial charge in [0, 0.05) is 13.1 Å². The van der Waals surface area contributed by atoms with Crippen LogP contribution in [0.4, 0.5) is 5.69 Å². The van der Waals surface area contributed by atoms with Crippen molar-refractivity contribution < 1.29 is 0 Å². The highest BCUT2D eigenvalue weighted by Crippen LogP contribution is 2.19. The van der Waals surface area contributed by atoms with Gasteiger partial charge in [0.2, 0.25) is 0 Å². The molecule has 3 nitrogen and oxygen atoms in total. The van der Waals surface area contributed by atoms with Crippen molar-refractivity contribution in [1.29, 1.82) is 0 Å². The summed E-state index contributed by atoms with van der Waals surface area (Å²) >= 11 is 0. The summed E-state index contributed by atoms with van der Waals surface area (Å²) in [6.45, 7) is 2.00. The fraction of sp³-hybridized carbons (Fsp3) is 0.385. The molecule has 0 bridgehead atoms. The normalized spacial score (nSPS) is 16.3. The van der Waals surface area contributed by atoms with Crippen LogP contribution in [0.1, 0.15) is 24.8 Å². The smallest absolute Gasteiger partial charge is 0.103 e. The Morgan fingerprint density at radius 1 is 1.12 bits per heavy atom. The first-order valence-electron chi connectivity index (χ1n) is 5.62. The molecule has 0 spiro atoms. The van der Waals surface area contributed by atoms with E-state index >= 15 is 0 Å². The van der Waals surface area contributed by atoms with Gasteiger partial charge < -0.3 is 0 Å². The monoisotopic (exact) mass is 213 g/mol. The van der Waals surface area contributed by atoms with E-state index in [2.05, 4.69) is 16.3 Å². The Hall–Kier alpha value is -1.82.